The van der Waals surface area contributed by atoms with Crippen LogP contribution in [0.3, 0.4) is 0 Å². The van der Waals surface area contributed by atoms with Crippen molar-refractivity contribution in [3.63, 3.8) is 0 Å². The molecule has 1 amide bonds. The lowest BCUT2D eigenvalue weighted by Gasteiger charge is -2.33. The smallest absolute Gasteiger partial charge is 0.265 e. The van der Waals surface area contributed by atoms with Crippen LogP contribution in [0.4, 0.5) is 0 Å². The summed E-state index contributed by atoms with van der Waals surface area (Å²) in [7, 11) is 0. The van der Waals surface area contributed by atoms with E-state index in [-0.39, 0.29) is 5.91 Å². The molecule has 2 atom stereocenters. The van der Waals surface area contributed by atoms with Crippen LogP contribution in [-0.2, 0) is 4.74 Å². The Labute approximate surface area is 142 Å². The number of aryl methyl sites for hydroxylation is 1. The SMILES string of the molecule is Cc1nc(C(C)C)sc1C(=O)N1C[C@@H](C)[C@@H](N2CCOCC2)C1. The van der Waals surface area contributed by atoms with Crippen LogP contribution in [0.2, 0.25) is 0 Å². The lowest BCUT2D eigenvalue weighted by atomic mass is 10.0. The molecule has 0 aromatic carbocycles. The van der Waals surface area contributed by atoms with Crippen LogP contribution in [0, 0.1) is 12.8 Å². The zero-order chi connectivity index (χ0) is 16.6. The normalized spacial score (nSPS) is 26.2. The van der Waals surface area contributed by atoms with Gasteiger partial charge in [0.25, 0.3) is 5.91 Å². The van der Waals surface area contributed by atoms with Crippen molar-refractivity contribution in [2.24, 2.45) is 5.92 Å². The Hall–Kier alpha value is -0.980. The third kappa shape index (κ3) is 3.44. The van der Waals surface area contributed by atoms with E-state index in [1.54, 1.807) is 11.3 Å². The predicted octanol–water partition coefficient (Wildman–Crippen LogP) is 2.37. The number of aromatic nitrogens is 1. The van der Waals surface area contributed by atoms with Crippen molar-refractivity contribution < 1.29 is 9.53 Å². The summed E-state index contributed by atoms with van der Waals surface area (Å²) in [5.74, 6) is 1.04. The lowest BCUT2D eigenvalue weighted by Crippen LogP contribution is -2.47. The second kappa shape index (κ2) is 6.87. The second-order valence-electron chi connectivity index (χ2n) is 7.02. The highest BCUT2D eigenvalue weighted by Gasteiger charge is 2.37. The van der Waals surface area contributed by atoms with E-state index in [9.17, 15) is 4.79 Å². The minimum atomic E-state index is 0.162. The standard InChI is InChI=1S/C17H27N3O2S/c1-11(2)16-18-13(4)15(23-16)17(21)20-9-12(3)14(10-20)19-5-7-22-8-6-19/h11-12,14H,5-10H2,1-4H3/t12-,14+/m1/s1. The van der Waals surface area contributed by atoms with Crippen molar-refractivity contribution in [2.75, 3.05) is 39.4 Å². The molecule has 1 aromatic heterocycles. The van der Waals surface area contributed by atoms with E-state index >= 15 is 0 Å². The Bertz CT molecular complexity index is 566. The van der Waals surface area contributed by atoms with Crippen LogP contribution in [-0.4, -0.2) is 66.1 Å². The predicted molar refractivity (Wildman–Crippen MR) is 92.2 cm³/mol. The number of hydrogen-bond donors (Lipinski definition) is 0. The highest BCUT2D eigenvalue weighted by atomic mass is 32.1. The molecule has 0 radical (unpaired) electrons. The number of morpholine rings is 1. The minimum absolute atomic E-state index is 0.162. The van der Waals surface area contributed by atoms with E-state index in [0.29, 0.717) is 17.9 Å². The van der Waals surface area contributed by atoms with Gasteiger partial charge in [-0.05, 0) is 12.8 Å². The molecule has 0 N–H and O–H groups in total. The summed E-state index contributed by atoms with van der Waals surface area (Å²) in [6, 6.07) is 0.459. The molecule has 0 unspecified atom stereocenters. The topological polar surface area (TPSA) is 45.7 Å². The molecule has 2 saturated heterocycles. The molecule has 2 aliphatic heterocycles. The highest BCUT2D eigenvalue weighted by molar-refractivity contribution is 7.13. The summed E-state index contributed by atoms with van der Waals surface area (Å²) < 4.78 is 5.45. The van der Waals surface area contributed by atoms with Crippen LogP contribution in [0.5, 0.6) is 0 Å². The fourth-order valence-corrected chi connectivity index (χ4v) is 4.54. The molecule has 0 saturated carbocycles. The fraction of sp³-hybridized carbons (Fsp3) is 0.765. The molecule has 2 fully saturated rings. The van der Waals surface area contributed by atoms with Crippen LogP contribution in [0.15, 0.2) is 0 Å². The first-order chi connectivity index (χ1) is 11.0. The molecule has 128 valence electrons. The maximum atomic E-state index is 12.9. The van der Waals surface area contributed by atoms with Crippen molar-refractivity contribution >= 4 is 17.2 Å². The summed E-state index contributed by atoms with van der Waals surface area (Å²) >= 11 is 1.56. The zero-order valence-corrected chi connectivity index (χ0v) is 15.4. The lowest BCUT2D eigenvalue weighted by molar-refractivity contribution is 0.0119. The zero-order valence-electron chi connectivity index (χ0n) is 14.5. The Morgan fingerprint density at radius 3 is 2.61 bits per heavy atom. The van der Waals surface area contributed by atoms with Gasteiger partial charge in [-0.2, -0.15) is 0 Å². The van der Waals surface area contributed by atoms with Gasteiger partial charge in [0, 0.05) is 38.1 Å². The van der Waals surface area contributed by atoms with Crippen molar-refractivity contribution in [1.82, 2.24) is 14.8 Å². The number of thiazole rings is 1. The molecule has 3 rings (SSSR count). The van der Waals surface area contributed by atoms with Crippen LogP contribution < -0.4 is 0 Å². The average Bonchev–Trinajstić information content (AvgIpc) is 3.11. The Kier molecular flexibility index (Phi) is 5.04. The summed E-state index contributed by atoms with van der Waals surface area (Å²) in [5, 5.41) is 1.06. The molecule has 3 heterocycles. The van der Waals surface area contributed by atoms with Crippen molar-refractivity contribution in [2.45, 2.75) is 39.7 Å². The molecule has 5 nitrogen and oxygen atoms in total. The maximum absolute atomic E-state index is 12.9. The van der Waals surface area contributed by atoms with Crippen LogP contribution in [0.1, 0.15) is 47.1 Å². The van der Waals surface area contributed by atoms with E-state index in [2.05, 4.69) is 30.7 Å². The molecule has 0 aliphatic carbocycles. The first-order valence-electron chi connectivity index (χ1n) is 8.55. The second-order valence-corrected chi connectivity index (χ2v) is 8.06. The number of amides is 1. The first kappa shape index (κ1) is 16.9. The van der Waals surface area contributed by atoms with E-state index in [0.717, 1.165) is 55.0 Å². The molecule has 0 bridgehead atoms. The number of rotatable bonds is 3. The van der Waals surface area contributed by atoms with Crippen molar-refractivity contribution in [1.29, 1.82) is 0 Å². The quantitative estimate of drug-likeness (QED) is 0.849. The largest absolute Gasteiger partial charge is 0.379 e. The monoisotopic (exact) mass is 337 g/mol. The number of hydrogen-bond acceptors (Lipinski definition) is 5. The minimum Gasteiger partial charge on any atom is -0.379 e. The van der Waals surface area contributed by atoms with Gasteiger partial charge in [0.05, 0.1) is 23.9 Å². The Balaban J connectivity index is 1.71. The van der Waals surface area contributed by atoms with Gasteiger partial charge >= 0.3 is 0 Å². The van der Waals surface area contributed by atoms with Crippen molar-refractivity contribution in [3.8, 4) is 0 Å². The summed E-state index contributed by atoms with van der Waals surface area (Å²) in [6.07, 6.45) is 0. The van der Waals surface area contributed by atoms with E-state index in [1.807, 2.05) is 11.8 Å². The van der Waals surface area contributed by atoms with Crippen LogP contribution in [0.25, 0.3) is 0 Å². The van der Waals surface area contributed by atoms with Gasteiger partial charge in [-0.3, -0.25) is 9.69 Å². The van der Waals surface area contributed by atoms with Gasteiger partial charge in [-0.15, -0.1) is 11.3 Å². The summed E-state index contributed by atoms with van der Waals surface area (Å²) in [6.45, 7) is 13.7. The third-order valence-electron chi connectivity index (χ3n) is 4.88. The highest BCUT2D eigenvalue weighted by Crippen LogP contribution is 2.29. The molecular weight excluding hydrogens is 310 g/mol. The number of carbonyl (C=O) groups is 1. The molecular formula is C17H27N3O2S. The van der Waals surface area contributed by atoms with Gasteiger partial charge < -0.3 is 9.64 Å². The van der Waals surface area contributed by atoms with Gasteiger partial charge in [-0.1, -0.05) is 20.8 Å². The van der Waals surface area contributed by atoms with Gasteiger partial charge in [0.1, 0.15) is 4.88 Å². The first-order valence-corrected chi connectivity index (χ1v) is 9.37. The number of carbonyl (C=O) groups excluding carboxylic acids is 1. The third-order valence-corrected chi connectivity index (χ3v) is 6.32. The molecule has 23 heavy (non-hydrogen) atoms. The van der Waals surface area contributed by atoms with Crippen LogP contribution >= 0.6 is 11.3 Å². The van der Waals surface area contributed by atoms with E-state index < -0.39 is 0 Å². The number of nitrogens with zero attached hydrogens (tertiary/aromatic N) is 3. The maximum Gasteiger partial charge on any atom is 0.265 e. The molecule has 2 aliphatic rings. The molecule has 0 spiro atoms. The summed E-state index contributed by atoms with van der Waals surface area (Å²) in [5.41, 5.74) is 0.881. The number of ether oxygens (including phenoxy) is 1. The Morgan fingerprint density at radius 2 is 2.00 bits per heavy atom. The van der Waals surface area contributed by atoms with E-state index in [1.165, 1.54) is 0 Å². The fourth-order valence-electron chi connectivity index (χ4n) is 3.51. The summed E-state index contributed by atoms with van der Waals surface area (Å²) in [4.78, 5) is 22.8. The van der Waals surface area contributed by atoms with Crippen molar-refractivity contribution in [3.05, 3.63) is 15.6 Å². The van der Waals surface area contributed by atoms with Gasteiger partial charge in [-0.25, -0.2) is 4.98 Å². The molecule has 6 heteroatoms. The Morgan fingerprint density at radius 1 is 1.30 bits per heavy atom. The number of likely N-dealkylation sites (tertiary alicyclic amines) is 1. The van der Waals surface area contributed by atoms with Gasteiger partial charge in [0.2, 0.25) is 0 Å². The van der Waals surface area contributed by atoms with Gasteiger partial charge in [0.15, 0.2) is 0 Å². The molecule has 1 aromatic rings. The average molecular weight is 337 g/mol. The van der Waals surface area contributed by atoms with E-state index in [4.69, 9.17) is 4.74 Å².